The van der Waals surface area contributed by atoms with Crippen LogP contribution in [0, 0.1) is 5.82 Å². The Morgan fingerprint density at radius 2 is 2.21 bits per heavy atom. The summed E-state index contributed by atoms with van der Waals surface area (Å²) in [5.41, 5.74) is 5.42. The zero-order chi connectivity index (χ0) is 20.1. The first kappa shape index (κ1) is 20.0. The molecule has 0 aliphatic carbocycles. The lowest BCUT2D eigenvalue weighted by Gasteiger charge is -2.38. The number of amides is 1. The van der Waals surface area contributed by atoms with Gasteiger partial charge in [-0.2, -0.15) is 0 Å². The van der Waals surface area contributed by atoms with Crippen molar-refractivity contribution in [2.75, 3.05) is 25.9 Å². The van der Waals surface area contributed by atoms with Gasteiger partial charge in [0.15, 0.2) is 5.60 Å². The van der Waals surface area contributed by atoms with Gasteiger partial charge in [-0.15, -0.1) is 0 Å². The third kappa shape index (κ3) is 4.40. The second kappa shape index (κ2) is 8.53. The second-order valence-corrected chi connectivity index (χ2v) is 6.97. The highest BCUT2D eigenvalue weighted by Crippen LogP contribution is 2.26. The highest BCUT2D eigenvalue weighted by atomic mass is 19.1. The van der Waals surface area contributed by atoms with Gasteiger partial charge in [-0.1, -0.05) is 6.07 Å². The lowest BCUT2D eigenvalue weighted by atomic mass is 9.91. The average Bonchev–Trinajstić information content (AvgIpc) is 2.69. The van der Waals surface area contributed by atoms with Crippen LogP contribution in [-0.2, 0) is 17.9 Å². The zero-order valence-corrected chi connectivity index (χ0v) is 15.8. The molecule has 2 heterocycles. The predicted octanol–water partition coefficient (Wildman–Crippen LogP) is 1.45. The largest absolute Gasteiger partial charge is 0.497 e. The van der Waals surface area contributed by atoms with Crippen LogP contribution in [0.1, 0.15) is 24.0 Å². The van der Waals surface area contributed by atoms with E-state index in [0.717, 1.165) is 5.56 Å². The molecule has 0 radical (unpaired) electrons. The van der Waals surface area contributed by atoms with Gasteiger partial charge in [0.25, 0.3) is 5.91 Å². The van der Waals surface area contributed by atoms with Gasteiger partial charge in [0.1, 0.15) is 17.4 Å². The van der Waals surface area contributed by atoms with E-state index < -0.39 is 17.3 Å². The number of carbonyl (C=O) groups is 1. The number of likely N-dealkylation sites (tertiary alicyclic amines) is 1. The fourth-order valence-corrected chi connectivity index (χ4v) is 3.39. The van der Waals surface area contributed by atoms with Crippen molar-refractivity contribution in [3.8, 4) is 5.75 Å². The van der Waals surface area contributed by atoms with E-state index in [4.69, 9.17) is 10.5 Å². The molecule has 8 heteroatoms. The molecule has 1 fully saturated rings. The molecule has 1 unspecified atom stereocenters. The molecule has 1 aliphatic heterocycles. The molecular weight excluding hydrogens is 363 g/mol. The fourth-order valence-electron chi connectivity index (χ4n) is 3.39. The van der Waals surface area contributed by atoms with Gasteiger partial charge in [-0.25, -0.2) is 9.37 Å². The van der Waals surface area contributed by atoms with Crippen molar-refractivity contribution in [2.45, 2.75) is 31.5 Å². The first-order valence-corrected chi connectivity index (χ1v) is 9.17. The number of pyridine rings is 1. The van der Waals surface area contributed by atoms with Crippen LogP contribution in [0.3, 0.4) is 0 Å². The van der Waals surface area contributed by atoms with Gasteiger partial charge in [0.05, 0.1) is 7.11 Å². The van der Waals surface area contributed by atoms with E-state index in [1.807, 2.05) is 6.07 Å². The summed E-state index contributed by atoms with van der Waals surface area (Å²) in [5, 5.41) is 14.0. The first-order chi connectivity index (χ1) is 13.4. The Kier molecular flexibility index (Phi) is 6.11. The molecule has 1 saturated heterocycles. The molecule has 1 aromatic carbocycles. The smallest absolute Gasteiger partial charge is 0.256 e. The number of nitrogens with two attached hydrogens (primary N) is 1. The first-order valence-electron chi connectivity index (χ1n) is 9.17. The number of nitrogen functional groups attached to an aromatic ring is 1. The third-order valence-electron chi connectivity index (χ3n) is 4.98. The molecule has 1 aromatic heterocycles. The summed E-state index contributed by atoms with van der Waals surface area (Å²) in [6.45, 7) is 1.02. The van der Waals surface area contributed by atoms with Crippen LogP contribution in [-0.4, -0.2) is 46.7 Å². The van der Waals surface area contributed by atoms with E-state index in [9.17, 15) is 14.3 Å². The summed E-state index contributed by atoms with van der Waals surface area (Å²) < 4.78 is 19.2. The number of hydrogen-bond donors (Lipinski definition) is 3. The van der Waals surface area contributed by atoms with Crippen molar-refractivity contribution in [2.24, 2.45) is 0 Å². The Hall–Kier alpha value is -2.71. The highest BCUT2D eigenvalue weighted by Gasteiger charge is 2.41. The average molecular weight is 388 g/mol. The quantitative estimate of drug-likeness (QED) is 0.664. The number of aromatic nitrogens is 1. The molecule has 1 amide bonds. The van der Waals surface area contributed by atoms with E-state index in [0.29, 0.717) is 43.1 Å². The molecule has 2 aromatic rings. The minimum absolute atomic E-state index is 0.0806. The summed E-state index contributed by atoms with van der Waals surface area (Å²) >= 11 is 0. The van der Waals surface area contributed by atoms with Crippen molar-refractivity contribution in [1.82, 2.24) is 15.2 Å². The molecular formula is C20H25FN4O3. The summed E-state index contributed by atoms with van der Waals surface area (Å²) in [4.78, 5) is 18.4. The zero-order valence-electron chi connectivity index (χ0n) is 15.8. The minimum atomic E-state index is -1.54. The monoisotopic (exact) mass is 388 g/mol. The van der Waals surface area contributed by atoms with Crippen LogP contribution in [0.25, 0.3) is 0 Å². The maximum absolute atomic E-state index is 14.1. The third-order valence-corrected chi connectivity index (χ3v) is 4.98. The van der Waals surface area contributed by atoms with Crippen molar-refractivity contribution in [1.29, 1.82) is 0 Å². The standard InChI is InChI=1S/C20H25FN4O3/c1-28-16-5-6-17(21)15(10-16)12-25-9-3-7-20(27,19(25)26)13-23-11-14-4-2-8-24-18(14)22/h2,4-6,8,10,23,27H,3,7,9,11-13H2,1H3,(H2,22,24). The Bertz CT molecular complexity index is 848. The Balaban J connectivity index is 1.65. The van der Waals surface area contributed by atoms with Crippen molar-refractivity contribution in [3.05, 3.63) is 53.5 Å². The molecule has 150 valence electrons. The number of hydrogen-bond acceptors (Lipinski definition) is 6. The second-order valence-electron chi connectivity index (χ2n) is 6.97. The molecule has 0 saturated carbocycles. The summed E-state index contributed by atoms with van der Waals surface area (Å²) in [6.07, 6.45) is 2.58. The topological polar surface area (TPSA) is 101 Å². The molecule has 28 heavy (non-hydrogen) atoms. The van der Waals surface area contributed by atoms with E-state index >= 15 is 0 Å². The molecule has 7 nitrogen and oxygen atoms in total. The van der Waals surface area contributed by atoms with Crippen LogP contribution >= 0.6 is 0 Å². The van der Waals surface area contributed by atoms with E-state index in [1.54, 1.807) is 18.3 Å². The number of methoxy groups -OCH3 is 1. The Morgan fingerprint density at radius 1 is 1.39 bits per heavy atom. The van der Waals surface area contributed by atoms with Crippen LogP contribution in [0.15, 0.2) is 36.5 Å². The maximum Gasteiger partial charge on any atom is 0.256 e. The Morgan fingerprint density at radius 3 is 2.96 bits per heavy atom. The molecule has 0 bridgehead atoms. The number of aliphatic hydroxyl groups is 1. The number of nitrogens with one attached hydrogen (secondary N) is 1. The van der Waals surface area contributed by atoms with Gasteiger partial charge in [-0.3, -0.25) is 4.79 Å². The number of benzene rings is 1. The maximum atomic E-state index is 14.1. The number of rotatable bonds is 7. The van der Waals surface area contributed by atoms with Crippen molar-refractivity contribution in [3.63, 3.8) is 0 Å². The Labute approximate surface area is 163 Å². The van der Waals surface area contributed by atoms with Crippen molar-refractivity contribution < 1.29 is 19.0 Å². The molecule has 1 atom stereocenters. The SMILES string of the molecule is COc1ccc(F)c(CN2CCCC(O)(CNCc3cccnc3N)C2=O)c1. The summed E-state index contributed by atoms with van der Waals surface area (Å²) in [5.74, 6) is 0.111. The lowest BCUT2D eigenvalue weighted by Crippen LogP contribution is -2.57. The summed E-state index contributed by atoms with van der Waals surface area (Å²) in [6, 6.07) is 8.02. The lowest BCUT2D eigenvalue weighted by molar-refractivity contribution is -0.157. The number of piperidine rings is 1. The minimum Gasteiger partial charge on any atom is -0.497 e. The molecule has 1 aliphatic rings. The fraction of sp³-hybridized carbons (Fsp3) is 0.400. The molecule has 0 spiro atoms. The van der Waals surface area contributed by atoms with E-state index in [1.165, 1.54) is 24.1 Å². The van der Waals surface area contributed by atoms with E-state index in [2.05, 4.69) is 10.3 Å². The number of halogens is 1. The normalized spacial score (nSPS) is 19.7. The van der Waals surface area contributed by atoms with Crippen LogP contribution in [0.4, 0.5) is 10.2 Å². The molecule has 4 N–H and O–H groups in total. The summed E-state index contributed by atoms with van der Waals surface area (Å²) in [7, 11) is 1.50. The van der Waals surface area contributed by atoms with Crippen LogP contribution < -0.4 is 15.8 Å². The van der Waals surface area contributed by atoms with Crippen molar-refractivity contribution >= 4 is 11.7 Å². The van der Waals surface area contributed by atoms with Gasteiger partial charge < -0.3 is 25.8 Å². The number of anilines is 1. The van der Waals surface area contributed by atoms with Gasteiger partial charge in [-0.05, 0) is 37.1 Å². The van der Waals surface area contributed by atoms with Gasteiger partial charge in [0.2, 0.25) is 0 Å². The van der Waals surface area contributed by atoms with Crippen LogP contribution in [0.2, 0.25) is 0 Å². The number of carbonyl (C=O) groups excluding carboxylic acids is 1. The van der Waals surface area contributed by atoms with Crippen LogP contribution in [0.5, 0.6) is 5.75 Å². The number of nitrogens with zero attached hydrogens (tertiary/aromatic N) is 2. The molecule has 3 rings (SSSR count). The highest BCUT2D eigenvalue weighted by molar-refractivity contribution is 5.86. The predicted molar refractivity (Wildman–Crippen MR) is 103 cm³/mol. The van der Waals surface area contributed by atoms with Gasteiger partial charge in [0, 0.05) is 43.5 Å². The van der Waals surface area contributed by atoms with E-state index in [-0.39, 0.29) is 13.1 Å². The van der Waals surface area contributed by atoms with Gasteiger partial charge >= 0.3 is 0 Å². The number of ether oxygens (including phenoxy) is 1.